The second kappa shape index (κ2) is 5.49. The molecule has 1 atom stereocenters. The lowest BCUT2D eigenvalue weighted by molar-refractivity contribution is -0.122. The van der Waals surface area contributed by atoms with E-state index in [1.54, 1.807) is 6.33 Å². The van der Waals surface area contributed by atoms with Crippen molar-refractivity contribution < 1.29 is 4.79 Å². The standard InChI is InChI=1S/C16H19N3O/c1-2-19(13-6-4-3-5-7-13)16(20)12-8-9-14-15(10-12)18-11-17-14/h3-7,11-12H,2,8-10H2,1H3,(H,17,18). The zero-order valence-electron chi connectivity index (χ0n) is 11.7. The summed E-state index contributed by atoms with van der Waals surface area (Å²) in [5, 5.41) is 0. The molecule has 1 aromatic carbocycles. The van der Waals surface area contributed by atoms with Crippen molar-refractivity contribution in [2.24, 2.45) is 5.92 Å². The molecule has 0 bridgehead atoms. The van der Waals surface area contributed by atoms with E-state index in [2.05, 4.69) is 9.97 Å². The highest BCUT2D eigenvalue weighted by atomic mass is 16.2. The first-order valence-corrected chi connectivity index (χ1v) is 7.17. The predicted molar refractivity (Wildman–Crippen MR) is 78.6 cm³/mol. The summed E-state index contributed by atoms with van der Waals surface area (Å²) in [6, 6.07) is 9.90. The molecule has 0 aliphatic heterocycles. The average molecular weight is 269 g/mol. The third kappa shape index (κ3) is 2.33. The number of benzene rings is 1. The molecule has 20 heavy (non-hydrogen) atoms. The summed E-state index contributed by atoms with van der Waals surface area (Å²) < 4.78 is 0. The third-order valence-corrected chi connectivity index (χ3v) is 3.99. The number of aryl methyl sites for hydroxylation is 1. The molecule has 1 heterocycles. The topological polar surface area (TPSA) is 49.0 Å². The van der Waals surface area contributed by atoms with E-state index >= 15 is 0 Å². The van der Waals surface area contributed by atoms with Gasteiger partial charge in [0.15, 0.2) is 0 Å². The van der Waals surface area contributed by atoms with E-state index in [0.717, 1.165) is 36.3 Å². The van der Waals surface area contributed by atoms with Crippen LogP contribution in [0.2, 0.25) is 0 Å². The summed E-state index contributed by atoms with van der Waals surface area (Å²) in [5.74, 6) is 0.280. The minimum Gasteiger partial charge on any atom is -0.348 e. The molecule has 0 spiro atoms. The van der Waals surface area contributed by atoms with Gasteiger partial charge < -0.3 is 9.88 Å². The molecule has 1 aliphatic rings. The molecule has 1 amide bonds. The number of nitrogens with one attached hydrogen (secondary N) is 1. The SMILES string of the molecule is CCN(C(=O)C1CCc2nc[nH]c2C1)c1ccccc1. The van der Waals surface area contributed by atoms with Gasteiger partial charge in [0, 0.05) is 30.3 Å². The van der Waals surface area contributed by atoms with Gasteiger partial charge in [0.1, 0.15) is 0 Å². The first kappa shape index (κ1) is 12.9. The van der Waals surface area contributed by atoms with E-state index in [9.17, 15) is 4.79 Å². The molecular weight excluding hydrogens is 250 g/mol. The Bertz CT molecular complexity index is 591. The second-order valence-electron chi connectivity index (χ2n) is 5.19. The predicted octanol–water partition coefficient (Wildman–Crippen LogP) is 2.57. The Balaban J connectivity index is 1.78. The van der Waals surface area contributed by atoms with Crippen LogP contribution in [0, 0.1) is 5.92 Å². The molecule has 0 saturated carbocycles. The minimum absolute atomic E-state index is 0.0584. The van der Waals surface area contributed by atoms with E-state index in [1.807, 2.05) is 42.2 Å². The highest BCUT2D eigenvalue weighted by Crippen LogP contribution is 2.26. The van der Waals surface area contributed by atoms with Gasteiger partial charge in [0.05, 0.1) is 12.0 Å². The van der Waals surface area contributed by atoms with E-state index in [1.165, 1.54) is 0 Å². The summed E-state index contributed by atoms with van der Waals surface area (Å²) in [6.45, 7) is 2.73. The number of aromatic amines is 1. The molecule has 3 rings (SSSR count). The number of aromatic nitrogens is 2. The van der Waals surface area contributed by atoms with Crippen LogP contribution < -0.4 is 4.90 Å². The van der Waals surface area contributed by atoms with Crippen molar-refractivity contribution >= 4 is 11.6 Å². The number of hydrogen-bond donors (Lipinski definition) is 1. The van der Waals surface area contributed by atoms with Crippen molar-refractivity contribution in [2.45, 2.75) is 26.2 Å². The summed E-state index contributed by atoms with van der Waals surface area (Å²) >= 11 is 0. The molecule has 0 fully saturated rings. The summed E-state index contributed by atoms with van der Waals surface area (Å²) in [6.07, 6.45) is 4.28. The first-order chi connectivity index (χ1) is 9.79. The lowest BCUT2D eigenvalue weighted by Gasteiger charge is -2.28. The molecule has 1 N–H and O–H groups in total. The van der Waals surface area contributed by atoms with Gasteiger partial charge in [-0.2, -0.15) is 0 Å². The fourth-order valence-electron chi connectivity index (χ4n) is 2.91. The molecule has 1 aromatic heterocycles. The van der Waals surface area contributed by atoms with Crippen LogP contribution in [0.5, 0.6) is 0 Å². The quantitative estimate of drug-likeness (QED) is 0.931. The van der Waals surface area contributed by atoms with E-state index in [-0.39, 0.29) is 11.8 Å². The Labute approximate surface area is 118 Å². The van der Waals surface area contributed by atoms with Crippen molar-refractivity contribution in [3.8, 4) is 0 Å². The van der Waals surface area contributed by atoms with Gasteiger partial charge >= 0.3 is 0 Å². The Hall–Kier alpha value is -2.10. The lowest BCUT2D eigenvalue weighted by Crippen LogP contribution is -2.38. The van der Waals surface area contributed by atoms with Gasteiger partial charge in [0.25, 0.3) is 0 Å². The number of rotatable bonds is 3. The van der Waals surface area contributed by atoms with E-state index < -0.39 is 0 Å². The van der Waals surface area contributed by atoms with Crippen molar-refractivity contribution in [2.75, 3.05) is 11.4 Å². The number of hydrogen-bond acceptors (Lipinski definition) is 2. The zero-order valence-corrected chi connectivity index (χ0v) is 11.7. The summed E-state index contributed by atoms with van der Waals surface area (Å²) in [7, 11) is 0. The third-order valence-electron chi connectivity index (χ3n) is 3.99. The smallest absolute Gasteiger partial charge is 0.230 e. The number of carbonyl (C=O) groups excluding carboxylic acids is 1. The van der Waals surface area contributed by atoms with Crippen LogP contribution in [0.15, 0.2) is 36.7 Å². The monoisotopic (exact) mass is 269 g/mol. The number of fused-ring (bicyclic) bond motifs is 1. The fraction of sp³-hybridized carbons (Fsp3) is 0.375. The molecule has 104 valence electrons. The Morgan fingerprint density at radius 1 is 1.40 bits per heavy atom. The lowest BCUT2D eigenvalue weighted by atomic mass is 9.88. The summed E-state index contributed by atoms with van der Waals surface area (Å²) in [4.78, 5) is 22.1. The Kier molecular flexibility index (Phi) is 3.54. The molecule has 0 radical (unpaired) electrons. The normalized spacial score (nSPS) is 17.6. The van der Waals surface area contributed by atoms with Crippen LogP contribution in [-0.4, -0.2) is 22.4 Å². The maximum absolute atomic E-state index is 12.8. The van der Waals surface area contributed by atoms with Gasteiger partial charge in [-0.25, -0.2) is 4.98 Å². The number of H-pyrrole nitrogens is 1. The number of anilines is 1. The van der Waals surface area contributed by atoms with Crippen LogP contribution in [0.3, 0.4) is 0 Å². The Morgan fingerprint density at radius 2 is 2.20 bits per heavy atom. The molecule has 2 aromatic rings. The van der Waals surface area contributed by atoms with Crippen LogP contribution >= 0.6 is 0 Å². The number of para-hydroxylation sites is 1. The fourth-order valence-corrected chi connectivity index (χ4v) is 2.91. The molecule has 4 heteroatoms. The first-order valence-electron chi connectivity index (χ1n) is 7.17. The largest absolute Gasteiger partial charge is 0.348 e. The second-order valence-corrected chi connectivity index (χ2v) is 5.19. The molecule has 0 saturated heterocycles. The highest BCUT2D eigenvalue weighted by molar-refractivity contribution is 5.95. The molecule has 1 unspecified atom stereocenters. The maximum Gasteiger partial charge on any atom is 0.230 e. The average Bonchev–Trinajstić information content (AvgIpc) is 2.96. The Morgan fingerprint density at radius 3 is 2.95 bits per heavy atom. The van der Waals surface area contributed by atoms with Gasteiger partial charge in [-0.15, -0.1) is 0 Å². The number of amides is 1. The number of imidazole rings is 1. The minimum atomic E-state index is 0.0584. The van der Waals surface area contributed by atoms with E-state index in [0.29, 0.717) is 6.54 Å². The number of nitrogens with zero attached hydrogens (tertiary/aromatic N) is 2. The van der Waals surface area contributed by atoms with Crippen molar-refractivity contribution in [1.82, 2.24) is 9.97 Å². The van der Waals surface area contributed by atoms with Crippen molar-refractivity contribution in [3.63, 3.8) is 0 Å². The highest BCUT2D eigenvalue weighted by Gasteiger charge is 2.29. The number of carbonyl (C=O) groups is 1. The molecule has 4 nitrogen and oxygen atoms in total. The summed E-state index contributed by atoms with van der Waals surface area (Å²) in [5.41, 5.74) is 3.23. The van der Waals surface area contributed by atoms with Crippen molar-refractivity contribution in [1.29, 1.82) is 0 Å². The maximum atomic E-state index is 12.8. The van der Waals surface area contributed by atoms with Crippen molar-refractivity contribution in [3.05, 3.63) is 48.0 Å². The van der Waals surface area contributed by atoms with E-state index in [4.69, 9.17) is 0 Å². The van der Waals surface area contributed by atoms with Crippen LogP contribution in [0.4, 0.5) is 5.69 Å². The zero-order chi connectivity index (χ0) is 13.9. The van der Waals surface area contributed by atoms with Crippen LogP contribution in [-0.2, 0) is 17.6 Å². The van der Waals surface area contributed by atoms with Gasteiger partial charge in [-0.1, -0.05) is 18.2 Å². The van der Waals surface area contributed by atoms with Crippen LogP contribution in [0.25, 0.3) is 0 Å². The van der Waals surface area contributed by atoms with Gasteiger partial charge in [-0.05, 0) is 31.9 Å². The van der Waals surface area contributed by atoms with Gasteiger partial charge in [-0.3, -0.25) is 4.79 Å². The van der Waals surface area contributed by atoms with Crippen LogP contribution in [0.1, 0.15) is 24.7 Å². The molecule has 1 aliphatic carbocycles. The van der Waals surface area contributed by atoms with Gasteiger partial charge in [0.2, 0.25) is 5.91 Å². The molecular formula is C16H19N3O.